The molecular formula is C29H52O9. The molecule has 0 bridgehead atoms. The molecule has 0 heterocycles. The van der Waals surface area contributed by atoms with Crippen molar-refractivity contribution in [2.45, 2.75) is 92.4 Å². The Hall–Kier alpha value is -2.49. The van der Waals surface area contributed by atoms with Gasteiger partial charge in [0.25, 0.3) is 0 Å². The first-order valence-electron chi connectivity index (χ1n) is 13.6. The first kappa shape index (κ1) is 40.0. The van der Waals surface area contributed by atoms with Crippen molar-refractivity contribution < 1.29 is 45.0 Å². The Labute approximate surface area is 228 Å². The Balaban J connectivity index is -0.000000430. The number of aliphatic hydroxyl groups excluding tert-OH is 3. The summed E-state index contributed by atoms with van der Waals surface area (Å²) >= 11 is 0. The molecule has 222 valence electrons. The maximum atomic E-state index is 10.4. The van der Waals surface area contributed by atoms with Crippen molar-refractivity contribution in [3.05, 3.63) is 35.9 Å². The van der Waals surface area contributed by atoms with E-state index in [1.165, 1.54) is 0 Å². The Morgan fingerprint density at radius 2 is 1.05 bits per heavy atom. The van der Waals surface area contributed by atoms with Gasteiger partial charge in [0, 0.05) is 5.41 Å². The molecule has 2 unspecified atom stereocenters. The highest BCUT2D eigenvalue weighted by molar-refractivity contribution is 5.87. The molecule has 0 aliphatic carbocycles. The van der Waals surface area contributed by atoms with Gasteiger partial charge in [0.2, 0.25) is 0 Å². The van der Waals surface area contributed by atoms with Gasteiger partial charge in [0.15, 0.2) is 0 Å². The minimum absolute atomic E-state index is 0.111. The SMILES string of the molecule is CCC(CO)(CO)CO.CCCCC(CC)C(=O)O.CCCCC(CC)C(=O)O.O=C(O)c1ccccc1. The van der Waals surface area contributed by atoms with Crippen molar-refractivity contribution in [3.8, 4) is 0 Å². The number of carbonyl (C=O) groups is 3. The number of benzene rings is 1. The van der Waals surface area contributed by atoms with E-state index in [0.717, 1.165) is 51.4 Å². The minimum Gasteiger partial charge on any atom is -0.481 e. The van der Waals surface area contributed by atoms with Crippen LogP contribution >= 0.6 is 0 Å². The summed E-state index contributed by atoms with van der Waals surface area (Å²) < 4.78 is 0. The van der Waals surface area contributed by atoms with Gasteiger partial charge in [0.05, 0.1) is 37.2 Å². The second-order valence-electron chi connectivity index (χ2n) is 9.17. The van der Waals surface area contributed by atoms with Gasteiger partial charge in [-0.05, 0) is 44.2 Å². The van der Waals surface area contributed by atoms with Gasteiger partial charge in [0.1, 0.15) is 0 Å². The van der Waals surface area contributed by atoms with E-state index in [1.54, 1.807) is 30.3 Å². The zero-order chi connectivity index (χ0) is 30.0. The van der Waals surface area contributed by atoms with Crippen molar-refractivity contribution in [1.82, 2.24) is 0 Å². The zero-order valence-corrected chi connectivity index (χ0v) is 23.9. The molecule has 38 heavy (non-hydrogen) atoms. The van der Waals surface area contributed by atoms with Crippen LogP contribution in [0.1, 0.15) is 103 Å². The second-order valence-corrected chi connectivity index (χ2v) is 9.17. The fourth-order valence-corrected chi connectivity index (χ4v) is 2.97. The molecule has 0 fully saturated rings. The molecule has 6 N–H and O–H groups in total. The van der Waals surface area contributed by atoms with Crippen LogP contribution in [-0.4, -0.2) is 68.4 Å². The van der Waals surface area contributed by atoms with Crippen molar-refractivity contribution >= 4 is 17.9 Å². The van der Waals surface area contributed by atoms with Gasteiger partial charge >= 0.3 is 17.9 Å². The molecule has 9 heteroatoms. The second kappa shape index (κ2) is 26.1. The molecule has 0 saturated heterocycles. The van der Waals surface area contributed by atoms with Gasteiger partial charge in [-0.3, -0.25) is 9.59 Å². The fraction of sp³-hybridized carbons (Fsp3) is 0.690. The molecule has 0 spiro atoms. The van der Waals surface area contributed by atoms with Gasteiger partial charge in [-0.1, -0.05) is 78.5 Å². The molecule has 1 aromatic rings. The average molecular weight is 545 g/mol. The van der Waals surface area contributed by atoms with Crippen molar-refractivity contribution in [2.24, 2.45) is 17.3 Å². The van der Waals surface area contributed by atoms with E-state index in [-0.39, 0.29) is 31.7 Å². The van der Waals surface area contributed by atoms with Crippen LogP contribution in [0.25, 0.3) is 0 Å². The largest absolute Gasteiger partial charge is 0.481 e. The van der Waals surface area contributed by atoms with Crippen molar-refractivity contribution in [2.75, 3.05) is 19.8 Å². The van der Waals surface area contributed by atoms with E-state index >= 15 is 0 Å². The van der Waals surface area contributed by atoms with Crippen molar-refractivity contribution in [1.29, 1.82) is 0 Å². The van der Waals surface area contributed by atoms with Crippen LogP contribution in [0.2, 0.25) is 0 Å². The summed E-state index contributed by atoms with van der Waals surface area (Å²) in [6.07, 6.45) is 8.02. The molecule has 2 atom stereocenters. The first-order valence-corrected chi connectivity index (χ1v) is 13.6. The van der Waals surface area contributed by atoms with Crippen LogP contribution in [0.4, 0.5) is 0 Å². The number of aromatic carboxylic acids is 1. The third-order valence-electron chi connectivity index (χ3n) is 6.27. The summed E-state index contributed by atoms with van der Waals surface area (Å²) in [5, 5.41) is 51.6. The summed E-state index contributed by atoms with van der Waals surface area (Å²) in [4.78, 5) is 31.1. The highest BCUT2D eigenvalue weighted by Crippen LogP contribution is 2.18. The highest BCUT2D eigenvalue weighted by atomic mass is 16.4. The van der Waals surface area contributed by atoms with E-state index in [4.69, 9.17) is 30.6 Å². The molecule has 9 nitrogen and oxygen atoms in total. The quantitative estimate of drug-likeness (QED) is 0.171. The highest BCUT2D eigenvalue weighted by Gasteiger charge is 2.24. The Morgan fingerprint density at radius 1 is 0.684 bits per heavy atom. The third kappa shape index (κ3) is 20.6. The van der Waals surface area contributed by atoms with E-state index in [9.17, 15) is 14.4 Å². The summed E-state index contributed by atoms with van der Waals surface area (Å²) in [6.45, 7) is 9.36. The van der Waals surface area contributed by atoms with Crippen LogP contribution in [0.5, 0.6) is 0 Å². The molecule has 1 aromatic carbocycles. The summed E-state index contributed by atoms with van der Waals surface area (Å²) in [6, 6.07) is 8.30. The molecule has 0 amide bonds. The van der Waals surface area contributed by atoms with E-state index in [0.29, 0.717) is 12.0 Å². The number of carboxylic acid groups (broad SMARTS) is 3. The lowest BCUT2D eigenvalue weighted by Crippen LogP contribution is -2.32. The van der Waals surface area contributed by atoms with Crippen LogP contribution in [0.15, 0.2) is 30.3 Å². The number of rotatable bonds is 15. The fourth-order valence-electron chi connectivity index (χ4n) is 2.97. The van der Waals surface area contributed by atoms with Crippen LogP contribution < -0.4 is 0 Å². The lowest BCUT2D eigenvalue weighted by molar-refractivity contribution is -0.143. The predicted octanol–water partition coefficient (Wildman–Crippen LogP) is 5.32. The zero-order valence-electron chi connectivity index (χ0n) is 23.9. The van der Waals surface area contributed by atoms with Crippen LogP contribution in [-0.2, 0) is 9.59 Å². The molecule has 0 radical (unpaired) electrons. The smallest absolute Gasteiger partial charge is 0.335 e. The number of carboxylic acids is 3. The number of hydrogen-bond acceptors (Lipinski definition) is 6. The van der Waals surface area contributed by atoms with Crippen LogP contribution in [0, 0.1) is 17.3 Å². The Morgan fingerprint density at radius 3 is 1.21 bits per heavy atom. The van der Waals surface area contributed by atoms with Gasteiger partial charge in [-0.25, -0.2) is 4.79 Å². The maximum absolute atomic E-state index is 10.4. The molecule has 0 aliphatic rings. The third-order valence-corrected chi connectivity index (χ3v) is 6.27. The van der Waals surface area contributed by atoms with Crippen molar-refractivity contribution in [3.63, 3.8) is 0 Å². The number of aliphatic hydroxyl groups is 3. The standard InChI is InChI=1S/2C8H16O2.C7H6O2.C6H14O3/c2*1-3-5-6-7(4-2)8(9)10;8-7(9)6-4-2-1-3-5-6;1-2-6(3-7,4-8)5-9/h2*7H,3-6H2,1-2H3,(H,9,10);1-5H,(H,8,9);7-9H,2-5H2,1H3. The molecule has 0 saturated carbocycles. The Kier molecular flexibility index (Phi) is 27.5. The summed E-state index contributed by atoms with van der Waals surface area (Å²) in [5.74, 6) is -2.39. The Bertz CT molecular complexity index is 660. The molecule has 0 aromatic heterocycles. The normalized spacial score (nSPS) is 11.8. The first-order chi connectivity index (χ1) is 18.0. The van der Waals surface area contributed by atoms with E-state index < -0.39 is 23.3 Å². The summed E-state index contributed by atoms with van der Waals surface area (Å²) in [5.41, 5.74) is -0.336. The number of unbranched alkanes of at least 4 members (excludes halogenated alkanes) is 2. The van der Waals surface area contributed by atoms with Gasteiger partial charge in [-0.15, -0.1) is 0 Å². The number of hydrogen-bond donors (Lipinski definition) is 6. The van der Waals surface area contributed by atoms with Crippen LogP contribution in [0.3, 0.4) is 0 Å². The average Bonchev–Trinajstić information content (AvgIpc) is 2.92. The van der Waals surface area contributed by atoms with E-state index in [1.807, 2.05) is 20.8 Å². The lowest BCUT2D eigenvalue weighted by atomic mass is 9.88. The molecule has 0 aliphatic heterocycles. The summed E-state index contributed by atoms with van der Waals surface area (Å²) in [7, 11) is 0. The number of aliphatic carboxylic acids is 2. The minimum atomic E-state index is -0.879. The predicted molar refractivity (Wildman–Crippen MR) is 149 cm³/mol. The van der Waals surface area contributed by atoms with Gasteiger partial charge < -0.3 is 30.6 Å². The topological polar surface area (TPSA) is 173 Å². The molecular weight excluding hydrogens is 492 g/mol. The monoisotopic (exact) mass is 544 g/mol. The lowest BCUT2D eigenvalue weighted by Gasteiger charge is -2.24. The molecule has 1 rings (SSSR count). The maximum Gasteiger partial charge on any atom is 0.335 e. The van der Waals surface area contributed by atoms with E-state index in [2.05, 4.69) is 13.8 Å². The van der Waals surface area contributed by atoms with Gasteiger partial charge in [-0.2, -0.15) is 0 Å².